The first-order chi connectivity index (χ1) is 12.7. The molecule has 11 nitrogen and oxygen atoms in total. The summed E-state index contributed by atoms with van der Waals surface area (Å²) in [5.41, 5.74) is 10.5. The number of thiazole rings is 1. The minimum Gasteiger partial charge on any atom is -0.543 e. The van der Waals surface area contributed by atoms with Gasteiger partial charge in [0.25, 0.3) is 0 Å². The number of β-lactam (4-membered cyclic amide) rings is 1. The van der Waals surface area contributed by atoms with E-state index in [1.54, 1.807) is 5.38 Å². The number of anilines is 1. The van der Waals surface area contributed by atoms with Crippen molar-refractivity contribution in [2.24, 2.45) is 5.73 Å². The summed E-state index contributed by atoms with van der Waals surface area (Å²) in [4.78, 5) is 52.0. The quantitative estimate of drug-likeness (QED) is 0.302. The Kier molecular flexibility index (Phi) is 6.98. The summed E-state index contributed by atoms with van der Waals surface area (Å²) in [5.74, 6) is -3.29. The molecule has 144 valence electrons. The molecular formula is C14H14N5NaO6S2. The number of nitrogens with zero attached hydrogens (tertiary/aromatic N) is 2. The van der Waals surface area contributed by atoms with Gasteiger partial charge in [-0.25, -0.2) is 9.78 Å². The standard InChI is InChI=1S/C14H15N5O6S2.Na/c1-4(20)17-9-5(2-25-14(16)24)8(12(22)23)19-10(21)7(11(19)27-9)6-3-26-13(15)18-6;/h3,7,9,11H,2H2,1H3,(H2,15,18)(H2,16,24)(H,17,20)(H,22,23);/q;+1/p-1/t7?,9?,11-;/m1./s1. The minimum atomic E-state index is -1.64. The van der Waals surface area contributed by atoms with Crippen molar-refractivity contribution in [3.63, 3.8) is 0 Å². The van der Waals surface area contributed by atoms with Crippen LogP contribution in [0, 0.1) is 0 Å². The number of thioether (sulfide) groups is 1. The summed E-state index contributed by atoms with van der Waals surface area (Å²) in [7, 11) is 0. The van der Waals surface area contributed by atoms with E-state index in [1.165, 1.54) is 6.92 Å². The summed E-state index contributed by atoms with van der Waals surface area (Å²) < 4.78 is 4.69. The number of nitrogens with two attached hydrogens (primary N) is 2. The molecule has 3 heterocycles. The van der Waals surface area contributed by atoms with E-state index in [-0.39, 0.29) is 40.3 Å². The van der Waals surface area contributed by atoms with E-state index >= 15 is 0 Å². The van der Waals surface area contributed by atoms with Crippen LogP contribution in [0.25, 0.3) is 0 Å². The SMILES string of the molecule is CC(=O)NC1S[C@@H]2C(c3csc(N)n3)C(=O)N2C(C(=O)[O-])=C1COC(N)=O.[Na+]. The number of nitrogen functional groups attached to an aromatic ring is 1. The number of hydrogen-bond acceptors (Lipinski definition) is 10. The van der Waals surface area contributed by atoms with E-state index in [2.05, 4.69) is 10.3 Å². The fraction of sp³-hybridized carbons (Fsp3) is 0.357. The number of aliphatic carboxylic acids is 1. The van der Waals surface area contributed by atoms with Gasteiger partial charge >= 0.3 is 35.7 Å². The van der Waals surface area contributed by atoms with E-state index in [0.717, 1.165) is 28.0 Å². The zero-order valence-corrected chi connectivity index (χ0v) is 18.5. The second-order valence-corrected chi connectivity index (χ2v) is 7.79. The van der Waals surface area contributed by atoms with Crippen molar-refractivity contribution in [1.82, 2.24) is 15.2 Å². The number of amides is 3. The maximum absolute atomic E-state index is 12.6. The van der Waals surface area contributed by atoms with E-state index in [9.17, 15) is 24.3 Å². The van der Waals surface area contributed by atoms with Crippen LogP contribution in [0.2, 0.25) is 0 Å². The van der Waals surface area contributed by atoms with Crippen molar-refractivity contribution < 1.29 is 58.6 Å². The molecule has 0 aromatic carbocycles. The van der Waals surface area contributed by atoms with Crippen molar-refractivity contribution in [3.8, 4) is 0 Å². The average molecular weight is 435 g/mol. The second-order valence-electron chi connectivity index (χ2n) is 5.67. The molecule has 5 N–H and O–H groups in total. The molecule has 0 radical (unpaired) electrons. The fourth-order valence-corrected chi connectivity index (χ4v) is 5.09. The number of carbonyl (C=O) groups excluding carboxylic acids is 4. The minimum absolute atomic E-state index is 0. The predicted molar refractivity (Wildman–Crippen MR) is 92.7 cm³/mol. The monoisotopic (exact) mass is 435 g/mol. The maximum Gasteiger partial charge on any atom is 1.00 e. The number of carboxylic acids is 1. The molecule has 0 aliphatic carbocycles. The van der Waals surface area contributed by atoms with Gasteiger partial charge in [-0.1, -0.05) is 0 Å². The van der Waals surface area contributed by atoms with E-state index in [4.69, 9.17) is 16.2 Å². The Morgan fingerprint density at radius 3 is 2.61 bits per heavy atom. The van der Waals surface area contributed by atoms with E-state index in [1.807, 2.05) is 0 Å². The zero-order chi connectivity index (χ0) is 19.9. The Morgan fingerprint density at radius 2 is 2.11 bits per heavy atom. The van der Waals surface area contributed by atoms with Crippen molar-refractivity contribution in [2.75, 3.05) is 12.3 Å². The van der Waals surface area contributed by atoms with Crippen LogP contribution >= 0.6 is 23.1 Å². The number of aromatic nitrogens is 1. The molecule has 0 bridgehead atoms. The Hall–Kier alpha value is -1.80. The maximum atomic E-state index is 12.6. The van der Waals surface area contributed by atoms with E-state index < -0.39 is 52.8 Å². The normalized spacial score (nSPS) is 23.2. The van der Waals surface area contributed by atoms with Crippen LogP contribution in [-0.2, 0) is 19.1 Å². The van der Waals surface area contributed by atoms with Crippen molar-refractivity contribution in [1.29, 1.82) is 0 Å². The Balaban J connectivity index is 0.00000280. The van der Waals surface area contributed by atoms with Gasteiger partial charge in [0.15, 0.2) is 5.13 Å². The summed E-state index contributed by atoms with van der Waals surface area (Å²) in [5, 5.41) is 14.7. The molecule has 3 atom stereocenters. The van der Waals surface area contributed by atoms with Gasteiger partial charge in [-0.2, -0.15) is 0 Å². The largest absolute Gasteiger partial charge is 1.00 e. The van der Waals surface area contributed by atoms with Crippen LogP contribution in [0.4, 0.5) is 9.93 Å². The van der Waals surface area contributed by atoms with Crippen LogP contribution in [-0.4, -0.2) is 51.1 Å². The van der Waals surface area contributed by atoms with Crippen LogP contribution in [0.5, 0.6) is 0 Å². The van der Waals surface area contributed by atoms with Gasteiger partial charge in [0.05, 0.1) is 17.4 Å². The van der Waals surface area contributed by atoms with Gasteiger partial charge in [0, 0.05) is 17.9 Å². The molecule has 3 rings (SSSR count). The van der Waals surface area contributed by atoms with Gasteiger partial charge in [-0.3, -0.25) is 14.5 Å². The van der Waals surface area contributed by atoms with Crippen molar-refractivity contribution >= 4 is 52.1 Å². The number of carbonyl (C=O) groups is 4. The molecule has 1 aromatic rings. The smallest absolute Gasteiger partial charge is 0.543 e. The summed E-state index contributed by atoms with van der Waals surface area (Å²) in [6.07, 6.45) is -1.13. The van der Waals surface area contributed by atoms with Crippen LogP contribution in [0.3, 0.4) is 0 Å². The molecule has 28 heavy (non-hydrogen) atoms. The Morgan fingerprint density at radius 1 is 1.43 bits per heavy atom. The molecule has 1 saturated heterocycles. The number of ether oxygens (including phenoxy) is 1. The number of primary amides is 1. The number of hydrogen-bond donors (Lipinski definition) is 3. The van der Waals surface area contributed by atoms with E-state index in [0.29, 0.717) is 5.69 Å². The molecule has 1 aromatic heterocycles. The fourth-order valence-electron chi connectivity index (χ4n) is 2.89. The zero-order valence-electron chi connectivity index (χ0n) is 14.8. The van der Waals surface area contributed by atoms with Gasteiger partial charge in [0.1, 0.15) is 23.3 Å². The van der Waals surface area contributed by atoms with Crippen LogP contribution in [0.1, 0.15) is 18.5 Å². The Labute approximate surface area is 189 Å². The number of nitrogens with one attached hydrogen (secondary N) is 1. The summed E-state index contributed by atoms with van der Waals surface area (Å²) in [6, 6.07) is 0. The van der Waals surface area contributed by atoms with Gasteiger partial charge in [-0.15, -0.1) is 23.1 Å². The first-order valence-corrected chi connectivity index (χ1v) is 9.36. The third-order valence-corrected chi connectivity index (χ3v) is 6.06. The second kappa shape index (κ2) is 8.69. The molecule has 14 heteroatoms. The first kappa shape index (κ1) is 22.5. The number of fused-ring (bicyclic) bond motifs is 1. The van der Waals surface area contributed by atoms with Gasteiger partial charge in [0.2, 0.25) is 11.8 Å². The third kappa shape index (κ3) is 4.12. The first-order valence-electron chi connectivity index (χ1n) is 7.53. The van der Waals surface area contributed by atoms with Gasteiger partial charge in [-0.05, 0) is 0 Å². The van der Waals surface area contributed by atoms with Crippen molar-refractivity contribution in [2.45, 2.75) is 23.6 Å². The van der Waals surface area contributed by atoms with Crippen LogP contribution < -0.4 is 51.4 Å². The molecule has 3 amide bonds. The molecule has 2 unspecified atom stereocenters. The molecule has 2 aliphatic rings. The molecule has 0 saturated carbocycles. The molecule has 0 spiro atoms. The number of carboxylic acid groups (broad SMARTS) is 1. The summed E-state index contributed by atoms with van der Waals surface area (Å²) >= 11 is 2.28. The van der Waals surface area contributed by atoms with Gasteiger partial charge < -0.3 is 31.4 Å². The summed E-state index contributed by atoms with van der Waals surface area (Å²) in [6.45, 7) is 0.740. The molecule has 2 aliphatic heterocycles. The van der Waals surface area contributed by atoms with Crippen molar-refractivity contribution in [3.05, 3.63) is 22.3 Å². The predicted octanol–water partition coefficient (Wildman–Crippen LogP) is -4.71. The Bertz CT molecular complexity index is 874. The molecule has 1 fully saturated rings. The molecular weight excluding hydrogens is 421 g/mol. The topological polar surface area (TPSA) is 181 Å². The number of rotatable bonds is 5. The third-order valence-electron chi connectivity index (χ3n) is 3.94. The average Bonchev–Trinajstić information content (AvgIpc) is 2.97. The van der Waals surface area contributed by atoms with Crippen LogP contribution in [0.15, 0.2) is 16.7 Å².